The molecule has 1 fully saturated rings. The highest BCUT2D eigenvalue weighted by Crippen LogP contribution is 2.26. The first kappa shape index (κ1) is 21.7. The quantitative estimate of drug-likeness (QED) is 0.533. The summed E-state index contributed by atoms with van der Waals surface area (Å²) in [4.78, 5) is 3.89. The van der Waals surface area contributed by atoms with Gasteiger partial charge in [-0.3, -0.25) is 4.90 Å². The number of ether oxygens (including phenoxy) is 2. The van der Waals surface area contributed by atoms with Crippen LogP contribution in [-0.2, 0) is 21.3 Å². The average Bonchev–Trinajstić information content (AvgIpc) is 3.08. The van der Waals surface area contributed by atoms with Gasteiger partial charge in [0.25, 0.3) is 0 Å². The predicted molar refractivity (Wildman–Crippen MR) is 115 cm³/mol. The van der Waals surface area contributed by atoms with Crippen molar-refractivity contribution < 1.29 is 17.9 Å². The van der Waals surface area contributed by atoms with Gasteiger partial charge < -0.3 is 9.47 Å². The minimum absolute atomic E-state index is 0.319. The molecule has 1 aromatic heterocycles. The Morgan fingerprint density at radius 3 is 2.46 bits per heavy atom. The van der Waals surface area contributed by atoms with Gasteiger partial charge in [0, 0.05) is 44.7 Å². The number of sulfonamides is 1. The number of thiophene rings is 1. The van der Waals surface area contributed by atoms with Gasteiger partial charge in [-0.15, -0.1) is 11.3 Å². The van der Waals surface area contributed by atoms with Crippen LogP contribution in [0.1, 0.15) is 10.4 Å². The van der Waals surface area contributed by atoms with Crippen LogP contribution in [0.4, 0.5) is 0 Å². The highest BCUT2D eigenvalue weighted by molar-refractivity contribution is 9.11. The third-order valence-electron chi connectivity index (χ3n) is 4.67. The Bertz CT molecular complexity index is 893. The Morgan fingerprint density at radius 2 is 1.86 bits per heavy atom. The largest absolute Gasteiger partial charge is 0.491 e. The Balaban J connectivity index is 1.61. The van der Waals surface area contributed by atoms with Gasteiger partial charge in [0.2, 0.25) is 10.0 Å². The summed E-state index contributed by atoms with van der Waals surface area (Å²) >= 11 is 5.20. The van der Waals surface area contributed by atoms with Crippen LogP contribution >= 0.6 is 27.3 Å². The van der Waals surface area contributed by atoms with E-state index in [9.17, 15) is 8.42 Å². The molecule has 154 valence electrons. The van der Waals surface area contributed by atoms with Crippen LogP contribution in [0.15, 0.2) is 39.0 Å². The van der Waals surface area contributed by atoms with E-state index in [0.29, 0.717) is 36.9 Å². The van der Waals surface area contributed by atoms with Gasteiger partial charge in [-0.25, -0.2) is 8.42 Å². The number of piperazine rings is 1. The third-order valence-corrected chi connectivity index (χ3v) is 8.17. The molecule has 3 rings (SSSR count). The van der Waals surface area contributed by atoms with Gasteiger partial charge in [0.1, 0.15) is 12.4 Å². The van der Waals surface area contributed by atoms with Gasteiger partial charge >= 0.3 is 0 Å². The molecule has 0 radical (unpaired) electrons. The molecule has 9 heteroatoms. The van der Waals surface area contributed by atoms with Gasteiger partial charge in [-0.2, -0.15) is 4.31 Å². The number of aryl methyl sites for hydroxylation is 1. The normalized spacial score (nSPS) is 16.4. The maximum Gasteiger partial charge on any atom is 0.243 e. The lowest BCUT2D eigenvalue weighted by Crippen LogP contribution is -2.48. The molecule has 2 aromatic rings. The molecule has 0 spiro atoms. The number of nitrogens with zero attached hydrogens (tertiary/aromatic N) is 2. The molecule has 0 amide bonds. The van der Waals surface area contributed by atoms with Crippen LogP contribution < -0.4 is 4.74 Å². The Morgan fingerprint density at radius 1 is 1.11 bits per heavy atom. The van der Waals surface area contributed by atoms with Crippen LogP contribution in [0.2, 0.25) is 0 Å². The number of rotatable bonds is 8. The maximum atomic E-state index is 13.0. The summed E-state index contributed by atoms with van der Waals surface area (Å²) in [5.74, 6) is 0.683. The molecule has 1 aliphatic heterocycles. The number of halogens is 1. The molecule has 6 nitrogen and oxygen atoms in total. The standard InChI is InChI=1S/C19H25BrN2O4S2/c1-15-13-17(4-5-18(15)26-12-11-25-2)28(23,24)22-9-7-21(8-10-22)14-16-3-6-19(20)27-16/h3-6,13H,7-12,14H2,1-2H3. The lowest BCUT2D eigenvalue weighted by molar-refractivity contribution is 0.146. The fraction of sp³-hybridized carbons (Fsp3) is 0.474. The molecule has 2 heterocycles. The summed E-state index contributed by atoms with van der Waals surface area (Å²) in [6.45, 7) is 6.10. The molecule has 0 atom stereocenters. The van der Waals surface area contributed by atoms with Gasteiger partial charge in [-0.05, 0) is 58.7 Å². The van der Waals surface area contributed by atoms with Crippen LogP contribution in [0.25, 0.3) is 0 Å². The summed E-state index contributed by atoms with van der Waals surface area (Å²) < 4.78 is 39.3. The van der Waals surface area contributed by atoms with E-state index in [1.807, 2.05) is 13.0 Å². The van der Waals surface area contributed by atoms with Crippen molar-refractivity contribution in [2.45, 2.75) is 18.4 Å². The minimum Gasteiger partial charge on any atom is -0.491 e. The molecule has 0 aliphatic carbocycles. The van der Waals surface area contributed by atoms with Crippen molar-refractivity contribution in [3.63, 3.8) is 0 Å². The second-order valence-corrected chi connectivity index (χ2v) is 11.1. The fourth-order valence-corrected chi connectivity index (χ4v) is 6.15. The highest BCUT2D eigenvalue weighted by Gasteiger charge is 2.29. The monoisotopic (exact) mass is 488 g/mol. The van der Waals surface area contributed by atoms with E-state index in [2.05, 4.69) is 26.9 Å². The van der Waals surface area contributed by atoms with Crippen molar-refractivity contribution in [3.05, 3.63) is 44.6 Å². The van der Waals surface area contributed by atoms with Gasteiger partial charge in [0.15, 0.2) is 0 Å². The second kappa shape index (κ2) is 9.69. The van der Waals surface area contributed by atoms with Gasteiger partial charge in [0.05, 0.1) is 15.3 Å². The van der Waals surface area contributed by atoms with E-state index in [1.165, 1.54) is 4.88 Å². The van der Waals surface area contributed by atoms with E-state index in [0.717, 1.165) is 29.0 Å². The summed E-state index contributed by atoms with van der Waals surface area (Å²) in [5.41, 5.74) is 0.805. The van der Waals surface area contributed by atoms with Crippen molar-refractivity contribution in [2.24, 2.45) is 0 Å². The zero-order chi connectivity index (χ0) is 20.1. The molecule has 0 saturated carbocycles. The average molecular weight is 489 g/mol. The van der Waals surface area contributed by atoms with E-state index in [1.54, 1.807) is 41.0 Å². The second-order valence-electron chi connectivity index (χ2n) is 6.65. The molecule has 28 heavy (non-hydrogen) atoms. The Kier molecular flexibility index (Phi) is 7.52. The lowest BCUT2D eigenvalue weighted by Gasteiger charge is -2.33. The van der Waals surface area contributed by atoms with Crippen molar-refractivity contribution in [1.82, 2.24) is 9.21 Å². The molecular formula is C19H25BrN2O4S2. The van der Waals surface area contributed by atoms with E-state index < -0.39 is 10.0 Å². The SMILES string of the molecule is COCCOc1ccc(S(=O)(=O)N2CCN(Cc3ccc(Br)s3)CC2)cc1C. The minimum atomic E-state index is -3.50. The third kappa shape index (κ3) is 5.34. The van der Waals surface area contributed by atoms with Gasteiger partial charge in [-0.1, -0.05) is 0 Å². The summed E-state index contributed by atoms with van der Waals surface area (Å²) in [6, 6.07) is 9.19. The van der Waals surface area contributed by atoms with Crippen LogP contribution in [0.5, 0.6) is 5.75 Å². The Labute approximate surface area is 179 Å². The number of benzene rings is 1. The first-order valence-corrected chi connectivity index (χ1v) is 12.1. The number of methoxy groups -OCH3 is 1. The van der Waals surface area contributed by atoms with E-state index >= 15 is 0 Å². The highest BCUT2D eigenvalue weighted by atomic mass is 79.9. The van der Waals surface area contributed by atoms with E-state index in [4.69, 9.17) is 9.47 Å². The van der Waals surface area contributed by atoms with E-state index in [-0.39, 0.29) is 0 Å². The lowest BCUT2D eigenvalue weighted by atomic mass is 10.2. The predicted octanol–water partition coefficient (Wildman–Crippen LogP) is 3.35. The zero-order valence-electron chi connectivity index (χ0n) is 16.1. The van der Waals surface area contributed by atoms with Crippen LogP contribution in [-0.4, -0.2) is 64.1 Å². The Hall–Kier alpha value is -0.970. The topological polar surface area (TPSA) is 59.1 Å². The molecule has 1 aliphatic rings. The number of hydrogen-bond donors (Lipinski definition) is 0. The zero-order valence-corrected chi connectivity index (χ0v) is 19.3. The first-order chi connectivity index (χ1) is 13.4. The molecule has 1 saturated heterocycles. The first-order valence-electron chi connectivity index (χ1n) is 9.09. The molecule has 0 N–H and O–H groups in total. The maximum absolute atomic E-state index is 13.0. The summed E-state index contributed by atoms with van der Waals surface area (Å²) in [7, 11) is -1.88. The molecular weight excluding hydrogens is 464 g/mol. The number of hydrogen-bond acceptors (Lipinski definition) is 6. The van der Waals surface area contributed by atoms with Crippen molar-refractivity contribution in [1.29, 1.82) is 0 Å². The molecule has 1 aromatic carbocycles. The molecule has 0 unspecified atom stereocenters. The van der Waals surface area contributed by atoms with Crippen LogP contribution in [0, 0.1) is 6.92 Å². The van der Waals surface area contributed by atoms with Crippen molar-refractivity contribution >= 4 is 37.3 Å². The van der Waals surface area contributed by atoms with Crippen molar-refractivity contribution in [3.8, 4) is 5.75 Å². The van der Waals surface area contributed by atoms with Crippen LogP contribution in [0.3, 0.4) is 0 Å². The molecule has 0 bridgehead atoms. The summed E-state index contributed by atoms with van der Waals surface area (Å²) in [5, 5.41) is 0. The fourth-order valence-electron chi connectivity index (χ4n) is 3.11. The smallest absolute Gasteiger partial charge is 0.243 e. The van der Waals surface area contributed by atoms with Crippen molar-refractivity contribution in [2.75, 3.05) is 46.5 Å². The summed E-state index contributed by atoms with van der Waals surface area (Å²) in [6.07, 6.45) is 0.